The molecule has 1 heterocycles. The average Bonchev–Trinajstić information content (AvgIpc) is 3.02. The molecular formula is C23H26O4. The van der Waals surface area contributed by atoms with E-state index in [1.54, 1.807) is 0 Å². The van der Waals surface area contributed by atoms with Gasteiger partial charge in [0, 0.05) is 0 Å². The molecule has 27 heavy (non-hydrogen) atoms. The van der Waals surface area contributed by atoms with Gasteiger partial charge in [-0.05, 0) is 25.0 Å². The highest BCUT2D eigenvalue weighted by atomic mass is 16.8. The minimum atomic E-state index is -0.649. The van der Waals surface area contributed by atoms with Crippen LogP contribution in [0.25, 0.3) is 0 Å². The van der Waals surface area contributed by atoms with E-state index in [0.717, 1.165) is 11.1 Å². The van der Waals surface area contributed by atoms with Crippen molar-refractivity contribution in [2.45, 2.75) is 57.3 Å². The molecule has 4 rings (SSSR count). The molecular weight excluding hydrogens is 340 g/mol. The summed E-state index contributed by atoms with van der Waals surface area (Å²) >= 11 is 0. The van der Waals surface area contributed by atoms with E-state index in [2.05, 4.69) is 24.3 Å². The number of rotatable bonds is 6. The molecule has 1 aliphatic carbocycles. The predicted molar refractivity (Wildman–Crippen MR) is 103 cm³/mol. The van der Waals surface area contributed by atoms with Gasteiger partial charge in [-0.15, -0.1) is 0 Å². The number of benzene rings is 2. The van der Waals surface area contributed by atoms with Crippen molar-refractivity contribution in [2.24, 2.45) is 0 Å². The summed E-state index contributed by atoms with van der Waals surface area (Å²) < 4.78 is 24.6. The summed E-state index contributed by atoms with van der Waals surface area (Å²) in [5.74, 6) is -0.649. The molecule has 1 saturated heterocycles. The van der Waals surface area contributed by atoms with Crippen molar-refractivity contribution in [1.82, 2.24) is 0 Å². The van der Waals surface area contributed by atoms with Crippen molar-refractivity contribution in [3.05, 3.63) is 83.9 Å². The summed E-state index contributed by atoms with van der Waals surface area (Å²) in [5.41, 5.74) is 2.28. The fourth-order valence-electron chi connectivity index (χ4n) is 3.60. The third kappa shape index (κ3) is 4.47. The molecule has 4 heteroatoms. The Kier molecular flexibility index (Phi) is 5.41. The monoisotopic (exact) mass is 366 g/mol. The summed E-state index contributed by atoms with van der Waals surface area (Å²) in [6, 6.07) is 20.3. The van der Waals surface area contributed by atoms with E-state index >= 15 is 0 Å². The van der Waals surface area contributed by atoms with Crippen molar-refractivity contribution in [1.29, 1.82) is 0 Å². The molecule has 0 radical (unpaired) electrons. The van der Waals surface area contributed by atoms with E-state index in [0.29, 0.717) is 13.2 Å². The molecule has 4 atom stereocenters. The third-order valence-electron chi connectivity index (χ3n) is 4.87. The Morgan fingerprint density at radius 2 is 1.11 bits per heavy atom. The van der Waals surface area contributed by atoms with Crippen LogP contribution in [0.3, 0.4) is 0 Å². The summed E-state index contributed by atoms with van der Waals surface area (Å²) in [6.07, 6.45) is 3.40. The molecule has 2 aliphatic rings. The Hall–Kier alpha value is -1.98. The lowest BCUT2D eigenvalue weighted by Crippen LogP contribution is -2.46. The molecule has 0 saturated carbocycles. The minimum absolute atomic E-state index is 0.159. The summed E-state index contributed by atoms with van der Waals surface area (Å²) in [5, 5.41) is 0. The van der Waals surface area contributed by atoms with Gasteiger partial charge in [0.1, 0.15) is 24.4 Å². The highest BCUT2D eigenvalue weighted by Gasteiger charge is 2.50. The van der Waals surface area contributed by atoms with Gasteiger partial charge in [0.15, 0.2) is 5.79 Å². The Bertz CT molecular complexity index is 693. The van der Waals surface area contributed by atoms with Crippen molar-refractivity contribution in [3.8, 4) is 0 Å². The second-order valence-corrected chi connectivity index (χ2v) is 7.47. The number of hydrogen-bond acceptors (Lipinski definition) is 4. The summed E-state index contributed by atoms with van der Waals surface area (Å²) in [7, 11) is 0. The highest BCUT2D eigenvalue weighted by Crippen LogP contribution is 2.37. The van der Waals surface area contributed by atoms with E-state index in [9.17, 15) is 0 Å². The van der Waals surface area contributed by atoms with Gasteiger partial charge in [-0.2, -0.15) is 0 Å². The van der Waals surface area contributed by atoms with Gasteiger partial charge in [0.05, 0.1) is 13.2 Å². The van der Waals surface area contributed by atoms with Crippen LogP contribution >= 0.6 is 0 Å². The van der Waals surface area contributed by atoms with E-state index < -0.39 is 5.79 Å². The van der Waals surface area contributed by atoms with Crippen LogP contribution in [0.1, 0.15) is 25.0 Å². The molecule has 0 unspecified atom stereocenters. The van der Waals surface area contributed by atoms with Crippen LogP contribution in [0.2, 0.25) is 0 Å². The van der Waals surface area contributed by atoms with E-state index in [1.807, 2.05) is 62.4 Å². The lowest BCUT2D eigenvalue weighted by molar-refractivity contribution is -0.160. The van der Waals surface area contributed by atoms with Gasteiger partial charge >= 0.3 is 0 Å². The zero-order chi connectivity index (χ0) is 18.7. The molecule has 4 nitrogen and oxygen atoms in total. The standard InChI is InChI=1S/C23H26O4/c1-23(2)26-21-19(24-15-17-9-5-3-6-10-17)13-14-20(22(21)27-23)25-16-18-11-7-4-8-12-18/h3-14,19-22H,15-16H2,1-2H3/t19-,20-,21-,22+/m1/s1. The second-order valence-electron chi connectivity index (χ2n) is 7.47. The Morgan fingerprint density at radius 1 is 0.704 bits per heavy atom. The third-order valence-corrected chi connectivity index (χ3v) is 4.87. The van der Waals surface area contributed by atoms with Gasteiger partial charge in [0.2, 0.25) is 0 Å². The lowest BCUT2D eigenvalue weighted by Gasteiger charge is -2.32. The molecule has 142 valence electrons. The SMILES string of the molecule is CC1(C)O[C@@H]2[C@H](O1)[C@H](OCc1ccccc1)C=C[C@H]2OCc1ccccc1. The number of hydrogen-bond donors (Lipinski definition) is 0. The van der Waals surface area contributed by atoms with E-state index in [4.69, 9.17) is 18.9 Å². The van der Waals surface area contributed by atoms with Crippen molar-refractivity contribution >= 4 is 0 Å². The molecule has 1 fully saturated rings. The Labute approximate surface area is 160 Å². The Balaban J connectivity index is 1.44. The maximum Gasteiger partial charge on any atom is 0.164 e. The van der Waals surface area contributed by atoms with Crippen LogP contribution < -0.4 is 0 Å². The van der Waals surface area contributed by atoms with Crippen LogP contribution in [0, 0.1) is 0 Å². The largest absolute Gasteiger partial charge is 0.367 e. The molecule has 0 N–H and O–H groups in total. The second kappa shape index (κ2) is 7.95. The molecule has 0 aromatic heterocycles. The minimum Gasteiger partial charge on any atom is -0.367 e. The van der Waals surface area contributed by atoms with Crippen LogP contribution in [0.5, 0.6) is 0 Å². The molecule has 1 aliphatic heterocycles. The normalized spacial score (nSPS) is 28.8. The molecule has 0 bridgehead atoms. The fraction of sp³-hybridized carbons (Fsp3) is 0.391. The van der Waals surface area contributed by atoms with Crippen molar-refractivity contribution < 1.29 is 18.9 Å². The first-order valence-electron chi connectivity index (χ1n) is 9.46. The van der Waals surface area contributed by atoms with Gasteiger partial charge in [-0.25, -0.2) is 0 Å². The van der Waals surface area contributed by atoms with E-state index in [-0.39, 0.29) is 24.4 Å². The Morgan fingerprint density at radius 3 is 1.52 bits per heavy atom. The first-order chi connectivity index (χ1) is 13.1. The van der Waals surface area contributed by atoms with Gasteiger partial charge in [-0.3, -0.25) is 0 Å². The first kappa shape index (κ1) is 18.4. The highest BCUT2D eigenvalue weighted by molar-refractivity contribution is 5.17. The number of fused-ring (bicyclic) bond motifs is 1. The smallest absolute Gasteiger partial charge is 0.164 e. The van der Waals surface area contributed by atoms with Crippen LogP contribution in [0.15, 0.2) is 72.8 Å². The van der Waals surface area contributed by atoms with Crippen LogP contribution in [-0.2, 0) is 32.2 Å². The number of ether oxygens (including phenoxy) is 4. The summed E-state index contributed by atoms with van der Waals surface area (Å²) in [6.45, 7) is 4.96. The lowest BCUT2D eigenvalue weighted by atomic mass is 9.96. The van der Waals surface area contributed by atoms with Crippen molar-refractivity contribution in [3.63, 3.8) is 0 Å². The predicted octanol–water partition coefficient (Wildman–Crippen LogP) is 4.25. The van der Waals surface area contributed by atoms with Crippen LogP contribution in [0.4, 0.5) is 0 Å². The topological polar surface area (TPSA) is 36.9 Å². The maximum absolute atomic E-state index is 6.16. The van der Waals surface area contributed by atoms with Gasteiger partial charge in [0.25, 0.3) is 0 Å². The maximum atomic E-state index is 6.16. The molecule has 2 aromatic carbocycles. The quantitative estimate of drug-likeness (QED) is 0.717. The molecule has 2 aromatic rings. The van der Waals surface area contributed by atoms with Crippen LogP contribution in [-0.4, -0.2) is 30.2 Å². The van der Waals surface area contributed by atoms with E-state index in [1.165, 1.54) is 0 Å². The summed E-state index contributed by atoms with van der Waals surface area (Å²) in [4.78, 5) is 0. The van der Waals surface area contributed by atoms with Crippen molar-refractivity contribution in [2.75, 3.05) is 0 Å². The zero-order valence-corrected chi connectivity index (χ0v) is 15.8. The zero-order valence-electron chi connectivity index (χ0n) is 15.8. The van der Waals surface area contributed by atoms with Gasteiger partial charge < -0.3 is 18.9 Å². The van der Waals surface area contributed by atoms with Gasteiger partial charge in [-0.1, -0.05) is 72.8 Å². The molecule has 0 amide bonds. The first-order valence-corrected chi connectivity index (χ1v) is 9.46. The fourth-order valence-corrected chi connectivity index (χ4v) is 3.60. The molecule has 0 spiro atoms. The average molecular weight is 366 g/mol.